The van der Waals surface area contributed by atoms with Crippen LogP contribution in [0.3, 0.4) is 0 Å². The second-order valence-electron chi connectivity index (χ2n) is 7.94. The molecule has 168 valence electrons. The zero-order valence-electron chi connectivity index (χ0n) is 18.8. The van der Waals surface area contributed by atoms with Gasteiger partial charge in [-0.2, -0.15) is 0 Å². The molecule has 4 rings (SSSR count). The molecule has 0 fully saturated rings. The van der Waals surface area contributed by atoms with E-state index in [9.17, 15) is 14.0 Å². The van der Waals surface area contributed by atoms with Crippen LogP contribution in [-0.2, 0) is 6.42 Å². The molecule has 2 aromatic heterocycles. The van der Waals surface area contributed by atoms with Crippen molar-refractivity contribution in [2.24, 2.45) is 0 Å². The van der Waals surface area contributed by atoms with Crippen molar-refractivity contribution in [1.29, 1.82) is 0 Å². The Morgan fingerprint density at radius 3 is 2.36 bits per heavy atom. The van der Waals surface area contributed by atoms with Crippen LogP contribution in [0.4, 0.5) is 4.39 Å². The molecule has 0 unspecified atom stereocenters. The second kappa shape index (κ2) is 9.24. The first kappa shape index (κ1) is 22.2. The molecule has 0 saturated carbocycles. The highest BCUT2D eigenvalue weighted by atomic mass is 19.1. The van der Waals surface area contributed by atoms with Gasteiger partial charge in [0.2, 0.25) is 0 Å². The number of hydrogen-bond donors (Lipinski definition) is 3. The van der Waals surface area contributed by atoms with Gasteiger partial charge in [0.05, 0.1) is 16.8 Å². The number of fused-ring (bicyclic) bond motifs is 1. The van der Waals surface area contributed by atoms with E-state index in [0.29, 0.717) is 35.3 Å². The number of pyridine rings is 1. The average molecular weight is 445 g/mol. The number of rotatable bonds is 6. The third kappa shape index (κ3) is 4.48. The molecule has 7 heteroatoms. The highest BCUT2D eigenvalue weighted by Gasteiger charge is 2.14. The maximum Gasteiger partial charge on any atom is 0.252 e. The molecule has 33 heavy (non-hydrogen) atoms. The summed E-state index contributed by atoms with van der Waals surface area (Å²) >= 11 is 0. The lowest BCUT2D eigenvalue weighted by atomic mass is 10.0. The topological polar surface area (TPSA) is 86.9 Å². The molecule has 2 amide bonds. The van der Waals surface area contributed by atoms with Crippen LogP contribution >= 0.6 is 0 Å². The van der Waals surface area contributed by atoms with E-state index in [4.69, 9.17) is 0 Å². The van der Waals surface area contributed by atoms with Crippen molar-refractivity contribution in [2.75, 3.05) is 13.6 Å². The zero-order valence-corrected chi connectivity index (χ0v) is 18.8. The molecule has 0 aliphatic rings. The first-order chi connectivity index (χ1) is 15.9. The van der Waals surface area contributed by atoms with Crippen LogP contribution in [0.2, 0.25) is 0 Å². The third-order valence-electron chi connectivity index (χ3n) is 5.79. The highest BCUT2D eigenvalue weighted by Crippen LogP contribution is 2.27. The van der Waals surface area contributed by atoms with Gasteiger partial charge in [-0.3, -0.25) is 14.6 Å². The molecule has 2 aromatic carbocycles. The molecule has 4 aromatic rings. The van der Waals surface area contributed by atoms with Crippen molar-refractivity contribution >= 4 is 22.7 Å². The molecule has 0 bridgehead atoms. The minimum atomic E-state index is -0.275. The number of H-pyrrole nitrogens is 1. The Bertz CT molecular complexity index is 1330. The highest BCUT2D eigenvalue weighted by molar-refractivity contribution is 5.95. The maximum absolute atomic E-state index is 14.1. The van der Waals surface area contributed by atoms with Crippen molar-refractivity contribution in [3.8, 4) is 11.3 Å². The molecule has 0 atom stereocenters. The normalized spacial score (nSPS) is 10.9. The molecule has 6 nitrogen and oxygen atoms in total. The van der Waals surface area contributed by atoms with Crippen LogP contribution in [0.1, 0.15) is 37.5 Å². The number of nitrogens with one attached hydrogen (secondary N) is 3. The number of halogens is 1. The molecule has 2 heterocycles. The third-order valence-corrected chi connectivity index (χ3v) is 5.79. The van der Waals surface area contributed by atoms with Gasteiger partial charge in [-0.05, 0) is 61.7 Å². The van der Waals surface area contributed by atoms with Crippen molar-refractivity contribution < 1.29 is 14.0 Å². The molecule has 0 radical (unpaired) electrons. The average Bonchev–Trinajstić information content (AvgIpc) is 3.18. The maximum atomic E-state index is 14.1. The number of amides is 2. The summed E-state index contributed by atoms with van der Waals surface area (Å²) in [4.78, 5) is 31.8. The van der Waals surface area contributed by atoms with E-state index in [0.717, 1.165) is 27.8 Å². The van der Waals surface area contributed by atoms with E-state index in [1.807, 2.05) is 26.0 Å². The van der Waals surface area contributed by atoms with Crippen LogP contribution < -0.4 is 10.6 Å². The summed E-state index contributed by atoms with van der Waals surface area (Å²) in [6, 6.07) is 13.8. The first-order valence-corrected chi connectivity index (χ1v) is 10.7. The number of carbonyl (C=O) groups is 2. The largest absolute Gasteiger partial charge is 0.356 e. The van der Waals surface area contributed by atoms with Crippen molar-refractivity contribution in [3.05, 3.63) is 88.5 Å². The van der Waals surface area contributed by atoms with Crippen LogP contribution in [0, 0.1) is 19.7 Å². The molecule has 0 spiro atoms. The van der Waals surface area contributed by atoms with E-state index in [-0.39, 0.29) is 17.6 Å². The monoisotopic (exact) mass is 444 g/mol. The summed E-state index contributed by atoms with van der Waals surface area (Å²) in [7, 11) is 1.59. The molecule has 0 saturated heterocycles. The van der Waals surface area contributed by atoms with Gasteiger partial charge in [0.1, 0.15) is 5.82 Å². The lowest BCUT2D eigenvalue weighted by molar-refractivity contribution is 0.0949. The predicted molar refractivity (Wildman–Crippen MR) is 127 cm³/mol. The summed E-state index contributed by atoms with van der Waals surface area (Å²) in [5, 5.41) is 6.39. The van der Waals surface area contributed by atoms with Crippen LogP contribution in [-0.4, -0.2) is 35.4 Å². The van der Waals surface area contributed by atoms with Crippen LogP contribution in [0.15, 0.2) is 54.7 Å². The van der Waals surface area contributed by atoms with Gasteiger partial charge >= 0.3 is 0 Å². The van der Waals surface area contributed by atoms with E-state index >= 15 is 0 Å². The Labute approximate surface area is 191 Å². The van der Waals surface area contributed by atoms with E-state index in [1.165, 1.54) is 12.3 Å². The number of nitrogens with zero attached hydrogens (tertiary/aromatic N) is 1. The lowest BCUT2D eigenvalue weighted by Gasteiger charge is -2.08. The van der Waals surface area contributed by atoms with E-state index in [2.05, 4.69) is 20.6 Å². The smallest absolute Gasteiger partial charge is 0.252 e. The van der Waals surface area contributed by atoms with Crippen molar-refractivity contribution in [2.45, 2.75) is 20.3 Å². The van der Waals surface area contributed by atoms with Gasteiger partial charge in [0.15, 0.2) is 0 Å². The molecule has 3 N–H and O–H groups in total. The van der Waals surface area contributed by atoms with Gasteiger partial charge in [-0.15, -0.1) is 0 Å². The summed E-state index contributed by atoms with van der Waals surface area (Å²) < 4.78 is 14.1. The van der Waals surface area contributed by atoms with Crippen LogP contribution in [0.5, 0.6) is 0 Å². The quantitative estimate of drug-likeness (QED) is 0.414. The van der Waals surface area contributed by atoms with Gasteiger partial charge in [0, 0.05) is 42.0 Å². The fraction of sp³-hybridized carbons (Fsp3) is 0.192. The van der Waals surface area contributed by atoms with Gasteiger partial charge < -0.3 is 15.6 Å². The lowest BCUT2D eigenvalue weighted by Crippen LogP contribution is -2.25. The SMILES string of the molecule is CNC(=O)c1ccc(-c2ccc(C(=O)NCCc3c(C)[nH]c4c(F)ccc(C)c34)cn2)cc1. The Hall–Kier alpha value is -4.00. The summed E-state index contributed by atoms with van der Waals surface area (Å²) in [5.41, 5.74) is 6.02. The molecule has 0 aliphatic heterocycles. The summed E-state index contributed by atoms with van der Waals surface area (Å²) in [6.07, 6.45) is 2.12. The standard InChI is InChI=1S/C26H25FN4O2/c1-15-4-10-21(27)24-23(15)20(16(2)31-24)12-13-29-26(33)19-9-11-22(30-14-19)17-5-7-18(8-6-17)25(32)28-3/h4-11,14,31H,12-13H2,1-3H3,(H,28,32)(H,29,33). The van der Waals surface area contributed by atoms with Gasteiger partial charge in [-0.25, -0.2) is 4.39 Å². The van der Waals surface area contributed by atoms with Gasteiger partial charge in [-0.1, -0.05) is 18.2 Å². The Morgan fingerprint density at radius 2 is 1.70 bits per heavy atom. The minimum absolute atomic E-state index is 0.148. The summed E-state index contributed by atoms with van der Waals surface area (Å²) in [6.45, 7) is 4.29. The number of aryl methyl sites for hydroxylation is 2. The Morgan fingerprint density at radius 1 is 0.970 bits per heavy atom. The van der Waals surface area contributed by atoms with Crippen molar-refractivity contribution in [1.82, 2.24) is 20.6 Å². The summed E-state index contributed by atoms with van der Waals surface area (Å²) in [5.74, 6) is -0.641. The number of benzene rings is 2. The number of hydrogen-bond acceptors (Lipinski definition) is 3. The van der Waals surface area contributed by atoms with Crippen LogP contribution in [0.25, 0.3) is 22.2 Å². The second-order valence-corrected chi connectivity index (χ2v) is 7.94. The van der Waals surface area contributed by atoms with Crippen molar-refractivity contribution in [3.63, 3.8) is 0 Å². The fourth-order valence-corrected chi connectivity index (χ4v) is 3.99. The number of aromatic amines is 1. The molecule has 0 aliphatic carbocycles. The Balaban J connectivity index is 1.41. The molecular weight excluding hydrogens is 419 g/mol. The predicted octanol–water partition coefficient (Wildman–Crippen LogP) is 4.32. The van der Waals surface area contributed by atoms with E-state index < -0.39 is 0 Å². The Kier molecular flexibility index (Phi) is 6.22. The fourth-order valence-electron chi connectivity index (χ4n) is 3.99. The minimum Gasteiger partial charge on any atom is -0.356 e. The molecular formula is C26H25FN4O2. The number of aromatic nitrogens is 2. The zero-order chi connectivity index (χ0) is 23.5. The number of carbonyl (C=O) groups excluding carboxylic acids is 2. The first-order valence-electron chi connectivity index (χ1n) is 10.7. The van der Waals surface area contributed by atoms with Gasteiger partial charge in [0.25, 0.3) is 11.8 Å². The van der Waals surface area contributed by atoms with E-state index in [1.54, 1.807) is 37.4 Å².